The van der Waals surface area contributed by atoms with Crippen LogP contribution in [0.3, 0.4) is 0 Å². The number of nitro groups is 1. The summed E-state index contributed by atoms with van der Waals surface area (Å²) < 4.78 is 36.5. The Kier molecular flexibility index (Phi) is 4.43. The van der Waals surface area contributed by atoms with Gasteiger partial charge in [0.1, 0.15) is 0 Å². The van der Waals surface area contributed by atoms with Gasteiger partial charge >= 0.3 is 12.1 Å². The summed E-state index contributed by atoms with van der Waals surface area (Å²) in [5.41, 5.74) is -0.231. The van der Waals surface area contributed by atoms with Crippen molar-refractivity contribution in [3.63, 3.8) is 0 Å². The van der Waals surface area contributed by atoms with Crippen molar-refractivity contribution < 1.29 is 27.7 Å². The highest BCUT2D eigenvalue weighted by molar-refractivity contribution is 6.06. The number of Topliss-reactive ketones (excluding diaryl/α,β-unsaturated/α-hetero) is 1. The molecule has 0 saturated heterocycles. The number of aryl methyl sites for hydroxylation is 1. The maximum absolute atomic E-state index is 12.2. The van der Waals surface area contributed by atoms with Gasteiger partial charge in [-0.2, -0.15) is 13.2 Å². The minimum absolute atomic E-state index is 0.334. The monoisotopic (exact) mass is 290 g/mol. The van der Waals surface area contributed by atoms with E-state index in [1.165, 1.54) is 17.4 Å². The molecule has 0 radical (unpaired) electrons. The van der Waals surface area contributed by atoms with Gasteiger partial charge in [0.25, 0.3) is 6.54 Å². The number of ketones is 1. The van der Waals surface area contributed by atoms with Crippen LogP contribution >= 0.6 is 0 Å². The molecule has 0 aliphatic heterocycles. The number of alkyl halides is 3. The highest BCUT2D eigenvalue weighted by Crippen LogP contribution is 2.22. The first-order chi connectivity index (χ1) is 9.11. The van der Waals surface area contributed by atoms with E-state index in [2.05, 4.69) is 0 Å². The summed E-state index contributed by atoms with van der Waals surface area (Å²) in [7, 11) is 0. The summed E-state index contributed by atoms with van der Waals surface area (Å²) in [6.07, 6.45) is -5.12. The molecule has 0 spiro atoms. The third-order valence-corrected chi connectivity index (χ3v) is 2.25. The third kappa shape index (κ3) is 4.04. The molecule has 0 bridgehead atoms. The Balaban J connectivity index is 3.11. The van der Waals surface area contributed by atoms with E-state index in [0.29, 0.717) is 5.56 Å². The third-order valence-electron chi connectivity index (χ3n) is 2.25. The molecule has 0 heterocycles. The quantitative estimate of drug-likeness (QED) is 0.521. The molecule has 0 aliphatic rings. The van der Waals surface area contributed by atoms with Crippen molar-refractivity contribution in [1.29, 1.82) is 0 Å². The molecule has 1 rings (SSSR count). The van der Waals surface area contributed by atoms with E-state index in [-0.39, 0.29) is 5.56 Å². The maximum Gasteiger partial charge on any atom is 0.471 e. The Hall–Kier alpha value is -2.45. The number of hydrogen-bond donors (Lipinski definition) is 1. The SMILES string of the molecule is Cc1ccc(NC(=O)C(F)(F)F)c(C(=O)C[N+](=O)[O-])c1. The van der Waals surface area contributed by atoms with E-state index in [4.69, 9.17) is 0 Å². The first kappa shape index (κ1) is 15.6. The van der Waals surface area contributed by atoms with Gasteiger partial charge in [0.05, 0.1) is 5.69 Å². The van der Waals surface area contributed by atoms with Crippen LogP contribution in [0.1, 0.15) is 15.9 Å². The van der Waals surface area contributed by atoms with Crippen molar-refractivity contribution in [3.05, 3.63) is 39.4 Å². The second kappa shape index (κ2) is 5.68. The zero-order valence-corrected chi connectivity index (χ0v) is 10.2. The van der Waals surface area contributed by atoms with Gasteiger partial charge in [0.2, 0.25) is 5.78 Å². The summed E-state index contributed by atoms with van der Waals surface area (Å²) in [6.45, 7) is 0.483. The number of rotatable bonds is 4. The van der Waals surface area contributed by atoms with Gasteiger partial charge in [-0.3, -0.25) is 19.7 Å². The van der Waals surface area contributed by atoms with Crippen LogP contribution in [0.2, 0.25) is 0 Å². The second-order valence-electron chi connectivity index (χ2n) is 3.91. The summed E-state index contributed by atoms with van der Waals surface area (Å²) >= 11 is 0. The van der Waals surface area contributed by atoms with E-state index in [0.717, 1.165) is 6.07 Å². The first-order valence-corrected chi connectivity index (χ1v) is 5.25. The van der Waals surface area contributed by atoms with Gasteiger partial charge in [-0.25, -0.2) is 0 Å². The van der Waals surface area contributed by atoms with Gasteiger partial charge in [-0.05, 0) is 19.1 Å². The molecule has 1 N–H and O–H groups in total. The van der Waals surface area contributed by atoms with Crippen LogP contribution < -0.4 is 5.32 Å². The first-order valence-electron chi connectivity index (χ1n) is 5.25. The van der Waals surface area contributed by atoms with E-state index in [1.807, 2.05) is 0 Å². The van der Waals surface area contributed by atoms with Gasteiger partial charge < -0.3 is 5.32 Å². The van der Waals surface area contributed by atoms with Gasteiger partial charge in [0.15, 0.2) is 0 Å². The van der Waals surface area contributed by atoms with Crippen molar-refractivity contribution in [3.8, 4) is 0 Å². The molecule has 6 nitrogen and oxygen atoms in total. The van der Waals surface area contributed by atoms with Crippen molar-refractivity contribution in [2.24, 2.45) is 0 Å². The summed E-state index contributed by atoms with van der Waals surface area (Å²) in [5, 5.41) is 11.8. The number of anilines is 1. The molecule has 9 heteroatoms. The molecular formula is C11H9F3N2O4. The average molecular weight is 290 g/mol. The summed E-state index contributed by atoms with van der Waals surface area (Å²) in [6, 6.07) is 3.64. The van der Waals surface area contributed by atoms with E-state index >= 15 is 0 Å². The Bertz CT molecular complexity index is 569. The van der Waals surface area contributed by atoms with Crippen LogP contribution in [0.25, 0.3) is 0 Å². The molecule has 1 amide bonds. The lowest BCUT2D eigenvalue weighted by molar-refractivity contribution is -0.465. The Morgan fingerprint density at radius 3 is 2.45 bits per heavy atom. The number of amides is 1. The van der Waals surface area contributed by atoms with Crippen LogP contribution in [-0.4, -0.2) is 29.3 Å². The highest BCUT2D eigenvalue weighted by Gasteiger charge is 2.39. The zero-order chi connectivity index (χ0) is 15.5. The van der Waals surface area contributed by atoms with Crippen molar-refractivity contribution in [1.82, 2.24) is 0 Å². The molecule has 0 unspecified atom stereocenters. The molecule has 1 aromatic rings. The van der Waals surface area contributed by atoms with Crippen LogP contribution in [0.15, 0.2) is 18.2 Å². The largest absolute Gasteiger partial charge is 0.471 e. The van der Waals surface area contributed by atoms with Crippen LogP contribution in [0, 0.1) is 17.0 Å². The average Bonchev–Trinajstić information content (AvgIpc) is 2.29. The minimum Gasteiger partial charge on any atom is -0.318 e. The number of hydrogen-bond acceptors (Lipinski definition) is 4. The van der Waals surface area contributed by atoms with Crippen LogP contribution in [-0.2, 0) is 4.79 Å². The Labute approximate surface area is 110 Å². The number of halogens is 3. The molecule has 20 heavy (non-hydrogen) atoms. The fourth-order valence-corrected chi connectivity index (χ4v) is 1.39. The van der Waals surface area contributed by atoms with Crippen LogP contribution in [0.5, 0.6) is 0 Å². The van der Waals surface area contributed by atoms with Crippen molar-refractivity contribution in [2.75, 3.05) is 11.9 Å². The fourth-order valence-electron chi connectivity index (χ4n) is 1.39. The van der Waals surface area contributed by atoms with Gasteiger partial charge in [0, 0.05) is 10.5 Å². The minimum atomic E-state index is -5.12. The maximum atomic E-state index is 12.2. The van der Waals surface area contributed by atoms with Gasteiger partial charge in [-0.15, -0.1) is 0 Å². The topological polar surface area (TPSA) is 89.3 Å². The normalized spacial score (nSPS) is 11.0. The Morgan fingerprint density at radius 1 is 1.35 bits per heavy atom. The van der Waals surface area contributed by atoms with Gasteiger partial charge in [-0.1, -0.05) is 11.6 Å². The fraction of sp³-hybridized carbons (Fsp3) is 0.273. The number of nitrogens with zero attached hydrogens (tertiary/aromatic N) is 1. The molecule has 0 saturated carbocycles. The number of carbonyl (C=O) groups excluding carboxylic acids is 2. The molecule has 0 aromatic heterocycles. The summed E-state index contributed by atoms with van der Waals surface area (Å²) in [5.74, 6) is -3.24. The van der Waals surface area contributed by atoms with Crippen molar-refractivity contribution in [2.45, 2.75) is 13.1 Å². The molecule has 0 fully saturated rings. The molecule has 1 aromatic carbocycles. The molecule has 0 aliphatic carbocycles. The van der Waals surface area contributed by atoms with E-state index < -0.39 is 35.0 Å². The van der Waals surface area contributed by atoms with Crippen molar-refractivity contribution >= 4 is 17.4 Å². The molecule has 108 valence electrons. The van der Waals surface area contributed by atoms with Crippen LogP contribution in [0.4, 0.5) is 18.9 Å². The standard InChI is InChI=1S/C11H9F3N2O4/c1-6-2-3-8(15-10(18)11(12,13)14)7(4-6)9(17)5-16(19)20/h2-4H,5H2,1H3,(H,15,18). The number of benzene rings is 1. The molecular weight excluding hydrogens is 281 g/mol. The highest BCUT2D eigenvalue weighted by atomic mass is 19.4. The second-order valence-corrected chi connectivity index (χ2v) is 3.91. The lowest BCUT2D eigenvalue weighted by atomic mass is 10.1. The van der Waals surface area contributed by atoms with E-state index in [1.54, 1.807) is 6.92 Å². The Morgan fingerprint density at radius 2 is 1.95 bits per heavy atom. The lowest BCUT2D eigenvalue weighted by Crippen LogP contribution is -2.31. The number of carbonyl (C=O) groups is 2. The summed E-state index contributed by atoms with van der Waals surface area (Å²) in [4.78, 5) is 31.8. The zero-order valence-electron chi connectivity index (χ0n) is 10.2. The lowest BCUT2D eigenvalue weighted by Gasteiger charge is -2.11. The van der Waals surface area contributed by atoms with E-state index in [9.17, 15) is 32.9 Å². The molecule has 0 atom stereocenters. The predicted octanol–water partition coefficient (Wildman–Crippen LogP) is 1.96. The smallest absolute Gasteiger partial charge is 0.318 e. The number of nitrogens with one attached hydrogen (secondary N) is 1. The predicted molar refractivity (Wildman–Crippen MR) is 62.1 cm³/mol.